The monoisotopic (exact) mass is 402 g/mol. The highest BCUT2D eigenvalue weighted by Crippen LogP contribution is 2.25. The number of anilines is 1. The van der Waals surface area contributed by atoms with E-state index < -0.39 is 9.84 Å². The standard InChI is InChI=1S/C19H18N2O4S2/c1-2-27(23,24)16-9-7-14(8-10-16)19(22)21-17-5-3-4-6-18(17)25-11-15-12-26-13-20-15/h3-10,12-13H,2,11H2,1H3,(H,21,22). The van der Waals surface area contributed by atoms with Crippen molar-refractivity contribution in [1.29, 1.82) is 0 Å². The Morgan fingerprint density at radius 3 is 2.56 bits per heavy atom. The van der Waals surface area contributed by atoms with E-state index in [1.54, 1.807) is 30.6 Å². The van der Waals surface area contributed by atoms with Crippen LogP contribution in [0.1, 0.15) is 23.0 Å². The van der Waals surface area contributed by atoms with Gasteiger partial charge in [-0.25, -0.2) is 13.4 Å². The molecule has 1 N–H and O–H groups in total. The molecular formula is C19H18N2O4S2. The van der Waals surface area contributed by atoms with Gasteiger partial charge in [0.05, 0.1) is 27.5 Å². The van der Waals surface area contributed by atoms with E-state index in [1.807, 2.05) is 11.4 Å². The van der Waals surface area contributed by atoms with E-state index in [0.717, 1.165) is 5.69 Å². The van der Waals surface area contributed by atoms with Crippen molar-refractivity contribution < 1.29 is 17.9 Å². The number of carbonyl (C=O) groups is 1. The van der Waals surface area contributed by atoms with Crippen LogP contribution in [0.2, 0.25) is 0 Å². The predicted molar refractivity (Wildman–Crippen MR) is 105 cm³/mol. The van der Waals surface area contributed by atoms with Crippen molar-refractivity contribution in [2.75, 3.05) is 11.1 Å². The van der Waals surface area contributed by atoms with Gasteiger partial charge in [-0.3, -0.25) is 4.79 Å². The van der Waals surface area contributed by atoms with Crippen molar-refractivity contribution in [3.8, 4) is 5.75 Å². The van der Waals surface area contributed by atoms with Crippen LogP contribution in [0.3, 0.4) is 0 Å². The van der Waals surface area contributed by atoms with Gasteiger partial charge in [-0.05, 0) is 36.4 Å². The number of aromatic nitrogens is 1. The fourth-order valence-corrected chi connectivity index (χ4v) is 3.76. The molecule has 0 unspecified atom stereocenters. The summed E-state index contributed by atoms with van der Waals surface area (Å²) in [7, 11) is -3.29. The highest BCUT2D eigenvalue weighted by Gasteiger charge is 2.14. The third kappa shape index (κ3) is 4.72. The summed E-state index contributed by atoms with van der Waals surface area (Å²) in [4.78, 5) is 16.9. The zero-order valence-corrected chi connectivity index (χ0v) is 16.2. The predicted octanol–water partition coefficient (Wildman–Crippen LogP) is 3.77. The fourth-order valence-electron chi connectivity index (χ4n) is 2.33. The number of thiazole rings is 1. The van der Waals surface area contributed by atoms with Crippen molar-refractivity contribution in [2.45, 2.75) is 18.4 Å². The molecular weight excluding hydrogens is 384 g/mol. The number of nitrogens with one attached hydrogen (secondary N) is 1. The topological polar surface area (TPSA) is 85.4 Å². The summed E-state index contributed by atoms with van der Waals surface area (Å²) < 4.78 is 29.5. The first-order chi connectivity index (χ1) is 13.0. The number of para-hydroxylation sites is 2. The molecule has 0 bridgehead atoms. The van der Waals surface area contributed by atoms with Crippen LogP contribution in [0, 0.1) is 0 Å². The lowest BCUT2D eigenvalue weighted by Gasteiger charge is -2.12. The third-order valence-corrected chi connectivity index (χ3v) is 6.24. The summed E-state index contributed by atoms with van der Waals surface area (Å²) in [6.45, 7) is 1.89. The Morgan fingerprint density at radius 1 is 1.15 bits per heavy atom. The Labute approximate surface area is 161 Å². The summed E-state index contributed by atoms with van der Waals surface area (Å²) in [5.41, 5.74) is 3.44. The Kier molecular flexibility index (Phi) is 5.88. The second kappa shape index (κ2) is 8.32. The Balaban J connectivity index is 1.72. The van der Waals surface area contributed by atoms with Crippen LogP contribution in [0.5, 0.6) is 5.75 Å². The van der Waals surface area contributed by atoms with Crippen LogP contribution in [-0.4, -0.2) is 25.1 Å². The zero-order chi connectivity index (χ0) is 19.3. The highest BCUT2D eigenvalue weighted by molar-refractivity contribution is 7.91. The van der Waals surface area contributed by atoms with Crippen LogP contribution in [-0.2, 0) is 16.4 Å². The van der Waals surface area contributed by atoms with Crippen LogP contribution in [0.25, 0.3) is 0 Å². The van der Waals surface area contributed by atoms with E-state index in [-0.39, 0.29) is 16.6 Å². The molecule has 0 aliphatic heterocycles. The van der Waals surface area contributed by atoms with Gasteiger partial charge in [-0.15, -0.1) is 11.3 Å². The summed E-state index contributed by atoms with van der Waals surface area (Å²) in [6.07, 6.45) is 0. The summed E-state index contributed by atoms with van der Waals surface area (Å²) in [5, 5.41) is 4.69. The van der Waals surface area contributed by atoms with Crippen LogP contribution < -0.4 is 10.1 Å². The van der Waals surface area contributed by atoms with Crippen LogP contribution >= 0.6 is 11.3 Å². The molecule has 2 aromatic carbocycles. The molecule has 0 atom stereocenters. The molecule has 0 radical (unpaired) electrons. The molecule has 140 valence electrons. The number of amides is 1. The molecule has 0 aliphatic rings. The number of hydrogen-bond donors (Lipinski definition) is 1. The minimum absolute atomic E-state index is 0.0161. The van der Waals surface area contributed by atoms with Gasteiger partial charge >= 0.3 is 0 Å². The maximum atomic E-state index is 12.5. The number of carbonyl (C=O) groups excluding carboxylic acids is 1. The molecule has 3 aromatic rings. The van der Waals surface area contributed by atoms with Gasteiger partial charge < -0.3 is 10.1 Å². The Morgan fingerprint density at radius 2 is 1.89 bits per heavy atom. The van der Waals surface area contributed by atoms with Gasteiger partial charge in [0.15, 0.2) is 9.84 Å². The first-order valence-corrected chi connectivity index (χ1v) is 10.8. The fraction of sp³-hybridized carbons (Fsp3) is 0.158. The Bertz CT molecular complexity index is 1010. The lowest BCUT2D eigenvalue weighted by atomic mass is 10.2. The van der Waals surface area contributed by atoms with Crippen molar-refractivity contribution in [3.63, 3.8) is 0 Å². The van der Waals surface area contributed by atoms with Gasteiger partial charge in [-0.1, -0.05) is 19.1 Å². The van der Waals surface area contributed by atoms with E-state index in [0.29, 0.717) is 23.6 Å². The Hall–Kier alpha value is -2.71. The summed E-state index contributed by atoms with van der Waals surface area (Å²) in [6, 6.07) is 13.0. The van der Waals surface area contributed by atoms with Crippen molar-refractivity contribution in [1.82, 2.24) is 4.98 Å². The van der Waals surface area contributed by atoms with E-state index in [2.05, 4.69) is 10.3 Å². The third-order valence-electron chi connectivity index (χ3n) is 3.85. The molecule has 0 saturated heterocycles. The molecule has 8 heteroatoms. The molecule has 1 amide bonds. The molecule has 27 heavy (non-hydrogen) atoms. The number of benzene rings is 2. The minimum atomic E-state index is -3.29. The van der Waals surface area contributed by atoms with Crippen molar-refractivity contribution in [2.24, 2.45) is 0 Å². The normalized spacial score (nSPS) is 11.1. The maximum absolute atomic E-state index is 12.5. The first kappa shape index (κ1) is 19.1. The second-order valence-electron chi connectivity index (χ2n) is 5.65. The van der Waals surface area contributed by atoms with Crippen LogP contribution in [0.15, 0.2) is 64.3 Å². The number of sulfone groups is 1. The molecule has 6 nitrogen and oxygen atoms in total. The smallest absolute Gasteiger partial charge is 0.255 e. The molecule has 0 spiro atoms. The number of nitrogens with zero attached hydrogens (tertiary/aromatic N) is 1. The van der Waals surface area contributed by atoms with Gasteiger partial charge in [0.25, 0.3) is 5.91 Å². The van der Waals surface area contributed by atoms with E-state index in [9.17, 15) is 13.2 Å². The van der Waals surface area contributed by atoms with Gasteiger partial charge in [-0.2, -0.15) is 0 Å². The SMILES string of the molecule is CCS(=O)(=O)c1ccc(C(=O)Nc2ccccc2OCc2cscn2)cc1. The molecule has 1 heterocycles. The van der Waals surface area contributed by atoms with E-state index in [4.69, 9.17) is 4.74 Å². The molecule has 0 saturated carbocycles. The quantitative estimate of drug-likeness (QED) is 0.650. The average Bonchev–Trinajstić information content (AvgIpc) is 3.21. The molecule has 3 rings (SSSR count). The first-order valence-electron chi connectivity index (χ1n) is 8.22. The second-order valence-corrected chi connectivity index (χ2v) is 8.64. The van der Waals surface area contributed by atoms with Crippen molar-refractivity contribution >= 4 is 32.8 Å². The lowest BCUT2D eigenvalue weighted by molar-refractivity contribution is 0.102. The van der Waals surface area contributed by atoms with Crippen molar-refractivity contribution in [3.05, 3.63) is 70.7 Å². The highest BCUT2D eigenvalue weighted by atomic mass is 32.2. The molecule has 0 fully saturated rings. The molecule has 0 aliphatic carbocycles. The van der Waals surface area contributed by atoms with E-state index in [1.165, 1.54) is 35.6 Å². The zero-order valence-electron chi connectivity index (χ0n) is 14.6. The maximum Gasteiger partial charge on any atom is 0.255 e. The number of hydrogen-bond acceptors (Lipinski definition) is 6. The minimum Gasteiger partial charge on any atom is -0.485 e. The lowest BCUT2D eigenvalue weighted by Crippen LogP contribution is -2.13. The average molecular weight is 402 g/mol. The van der Waals surface area contributed by atoms with Gasteiger partial charge in [0, 0.05) is 10.9 Å². The largest absolute Gasteiger partial charge is 0.485 e. The molecule has 1 aromatic heterocycles. The number of ether oxygens (including phenoxy) is 1. The van der Waals surface area contributed by atoms with Crippen LogP contribution in [0.4, 0.5) is 5.69 Å². The summed E-state index contributed by atoms with van der Waals surface area (Å²) in [5.74, 6) is 0.201. The number of rotatable bonds is 7. The van der Waals surface area contributed by atoms with Gasteiger partial charge in [0.1, 0.15) is 12.4 Å². The summed E-state index contributed by atoms with van der Waals surface area (Å²) >= 11 is 1.49. The van der Waals surface area contributed by atoms with Gasteiger partial charge in [0.2, 0.25) is 0 Å². The van der Waals surface area contributed by atoms with E-state index >= 15 is 0 Å².